The van der Waals surface area contributed by atoms with E-state index >= 15 is 0 Å². The number of halogens is 1. The van der Waals surface area contributed by atoms with Crippen molar-refractivity contribution in [1.82, 2.24) is 4.31 Å². The highest BCUT2D eigenvalue weighted by Crippen LogP contribution is 2.18. The summed E-state index contributed by atoms with van der Waals surface area (Å²) in [7, 11) is -1.99. The Bertz CT molecular complexity index is 852. The van der Waals surface area contributed by atoms with Crippen LogP contribution in [0.1, 0.15) is 19.8 Å². The topological polar surface area (TPSA) is 75.7 Å². The Morgan fingerprint density at radius 2 is 1.74 bits per heavy atom. The number of sulfonamides is 1. The monoisotopic (exact) mass is 394 g/mol. The van der Waals surface area contributed by atoms with E-state index in [1.807, 2.05) is 6.92 Å². The molecule has 0 aliphatic heterocycles. The second-order valence-corrected chi connectivity index (χ2v) is 8.04. The number of rotatable bonds is 9. The molecular weight excluding hydrogens is 371 g/mol. The molecule has 0 bridgehead atoms. The van der Waals surface area contributed by atoms with Gasteiger partial charge >= 0.3 is 0 Å². The number of hydrogen-bond acceptors (Lipinski definition) is 4. The predicted octanol–water partition coefficient (Wildman–Crippen LogP) is 3.26. The van der Waals surface area contributed by atoms with Crippen molar-refractivity contribution in [3.05, 3.63) is 54.3 Å². The maximum Gasteiger partial charge on any atom is 0.262 e. The highest BCUT2D eigenvalue weighted by atomic mass is 32.2. The minimum absolute atomic E-state index is 0.168. The lowest BCUT2D eigenvalue weighted by Crippen LogP contribution is -2.28. The van der Waals surface area contributed by atoms with E-state index in [-0.39, 0.29) is 17.3 Å². The molecule has 0 fully saturated rings. The summed E-state index contributed by atoms with van der Waals surface area (Å²) in [5.41, 5.74) is 0.456. The van der Waals surface area contributed by atoms with Gasteiger partial charge in [0.2, 0.25) is 10.0 Å². The molecule has 8 heteroatoms. The summed E-state index contributed by atoms with van der Waals surface area (Å²) < 4.78 is 44.3. The van der Waals surface area contributed by atoms with E-state index in [1.165, 1.54) is 52.8 Å². The van der Waals surface area contributed by atoms with E-state index in [4.69, 9.17) is 4.74 Å². The van der Waals surface area contributed by atoms with Crippen LogP contribution in [0.25, 0.3) is 0 Å². The van der Waals surface area contributed by atoms with Crippen molar-refractivity contribution >= 4 is 21.6 Å². The Kier molecular flexibility index (Phi) is 7.32. The molecule has 27 heavy (non-hydrogen) atoms. The largest absolute Gasteiger partial charge is 0.484 e. The van der Waals surface area contributed by atoms with Gasteiger partial charge in [0.15, 0.2) is 6.61 Å². The van der Waals surface area contributed by atoms with Crippen LogP contribution >= 0.6 is 0 Å². The first kappa shape index (κ1) is 20.9. The van der Waals surface area contributed by atoms with E-state index in [1.54, 1.807) is 7.05 Å². The van der Waals surface area contributed by atoms with Gasteiger partial charge in [0.25, 0.3) is 5.91 Å². The van der Waals surface area contributed by atoms with Crippen molar-refractivity contribution in [2.75, 3.05) is 25.5 Å². The molecule has 0 spiro atoms. The fraction of sp³-hybridized carbons (Fsp3) is 0.316. The number of amides is 1. The second kappa shape index (κ2) is 9.48. The van der Waals surface area contributed by atoms with Crippen LogP contribution in [0.3, 0.4) is 0 Å². The number of carbonyl (C=O) groups excluding carboxylic acids is 1. The smallest absolute Gasteiger partial charge is 0.262 e. The number of anilines is 1. The zero-order chi connectivity index (χ0) is 19.9. The number of carbonyl (C=O) groups is 1. The molecule has 0 saturated carbocycles. The first-order valence-corrected chi connectivity index (χ1v) is 10.0. The molecule has 0 heterocycles. The van der Waals surface area contributed by atoms with Gasteiger partial charge in [0.1, 0.15) is 11.6 Å². The summed E-state index contributed by atoms with van der Waals surface area (Å²) in [6.07, 6.45) is 1.70. The normalized spacial score (nSPS) is 11.4. The van der Waals surface area contributed by atoms with E-state index < -0.39 is 15.9 Å². The molecule has 0 atom stereocenters. The molecule has 146 valence electrons. The molecule has 2 aromatic rings. The van der Waals surface area contributed by atoms with E-state index in [0.29, 0.717) is 18.0 Å². The van der Waals surface area contributed by atoms with Crippen molar-refractivity contribution in [3.8, 4) is 5.75 Å². The highest BCUT2D eigenvalue weighted by Gasteiger charge is 2.20. The summed E-state index contributed by atoms with van der Waals surface area (Å²) in [4.78, 5) is 12.1. The van der Waals surface area contributed by atoms with E-state index in [2.05, 4.69) is 5.32 Å². The van der Waals surface area contributed by atoms with Gasteiger partial charge in [0, 0.05) is 19.3 Å². The first-order chi connectivity index (χ1) is 12.8. The average molecular weight is 394 g/mol. The van der Waals surface area contributed by atoms with Gasteiger partial charge in [-0.05, 0) is 55.0 Å². The third-order valence-electron chi connectivity index (χ3n) is 3.86. The number of benzene rings is 2. The molecule has 1 N–H and O–H groups in total. The predicted molar refractivity (Wildman–Crippen MR) is 102 cm³/mol. The van der Waals surface area contributed by atoms with Crippen molar-refractivity contribution in [3.63, 3.8) is 0 Å². The number of nitrogens with zero attached hydrogens (tertiary/aromatic N) is 1. The van der Waals surface area contributed by atoms with Crippen LogP contribution in [-0.4, -0.2) is 38.8 Å². The molecule has 2 rings (SSSR count). The third kappa shape index (κ3) is 6.04. The standard InChI is InChI=1S/C19H23FN2O4S/c1-3-4-13-22(2)27(24,25)18-11-7-16(8-12-18)21-19(23)14-26-17-9-5-15(20)6-10-17/h5-12H,3-4,13-14H2,1-2H3,(H,21,23). The number of ether oxygens (including phenoxy) is 1. The van der Waals surface area contributed by atoms with Crippen LogP contribution in [0.4, 0.5) is 10.1 Å². The molecular formula is C19H23FN2O4S. The van der Waals surface area contributed by atoms with Crippen LogP contribution in [-0.2, 0) is 14.8 Å². The minimum Gasteiger partial charge on any atom is -0.484 e. The van der Waals surface area contributed by atoms with Crippen LogP contribution in [0.2, 0.25) is 0 Å². The van der Waals surface area contributed by atoms with Gasteiger partial charge in [-0.1, -0.05) is 13.3 Å². The summed E-state index contributed by atoms with van der Waals surface area (Å²) in [5.74, 6) is -0.416. The van der Waals surface area contributed by atoms with Gasteiger partial charge in [0.05, 0.1) is 4.90 Å². The Labute approximate surface area is 159 Å². The van der Waals surface area contributed by atoms with Crippen LogP contribution in [0, 0.1) is 5.82 Å². The van der Waals surface area contributed by atoms with Gasteiger partial charge in [-0.2, -0.15) is 0 Å². The van der Waals surface area contributed by atoms with Crippen molar-refractivity contribution in [1.29, 1.82) is 0 Å². The average Bonchev–Trinajstić information content (AvgIpc) is 2.66. The fourth-order valence-corrected chi connectivity index (χ4v) is 3.48. The quantitative estimate of drug-likeness (QED) is 0.708. The zero-order valence-corrected chi connectivity index (χ0v) is 16.1. The number of unbranched alkanes of at least 4 members (excludes halogenated alkanes) is 1. The molecule has 1 amide bonds. The fourth-order valence-electron chi connectivity index (χ4n) is 2.27. The molecule has 0 unspecified atom stereocenters. The number of nitrogens with one attached hydrogen (secondary N) is 1. The summed E-state index contributed by atoms with van der Waals surface area (Å²) in [5, 5.41) is 2.62. The van der Waals surface area contributed by atoms with Crippen LogP contribution in [0.5, 0.6) is 5.75 Å². The molecule has 0 aliphatic carbocycles. The molecule has 0 aromatic heterocycles. The zero-order valence-electron chi connectivity index (χ0n) is 15.3. The highest BCUT2D eigenvalue weighted by molar-refractivity contribution is 7.89. The Morgan fingerprint density at radius 1 is 1.11 bits per heavy atom. The summed E-state index contributed by atoms with van der Waals surface area (Å²) in [6, 6.07) is 11.3. The van der Waals surface area contributed by atoms with Crippen molar-refractivity contribution < 1.29 is 22.3 Å². The van der Waals surface area contributed by atoms with Gasteiger partial charge < -0.3 is 10.1 Å². The molecule has 0 aliphatic rings. The second-order valence-electron chi connectivity index (χ2n) is 6.00. The summed E-state index contributed by atoms with van der Waals surface area (Å²) in [6.45, 7) is 2.21. The number of hydrogen-bond donors (Lipinski definition) is 1. The lowest BCUT2D eigenvalue weighted by Gasteiger charge is -2.17. The van der Waals surface area contributed by atoms with Gasteiger partial charge in [-0.15, -0.1) is 0 Å². The van der Waals surface area contributed by atoms with E-state index in [9.17, 15) is 17.6 Å². The minimum atomic E-state index is -3.54. The third-order valence-corrected chi connectivity index (χ3v) is 5.73. The Hall–Kier alpha value is -2.45. The van der Waals surface area contributed by atoms with E-state index in [0.717, 1.165) is 12.8 Å². The molecule has 0 saturated heterocycles. The molecule has 0 radical (unpaired) electrons. The Balaban J connectivity index is 1.92. The van der Waals surface area contributed by atoms with Crippen molar-refractivity contribution in [2.45, 2.75) is 24.7 Å². The van der Waals surface area contributed by atoms with Gasteiger partial charge in [-0.3, -0.25) is 4.79 Å². The Morgan fingerprint density at radius 3 is 2.33 bits per heavy atom. The van der Waals surface area contributed by atoms with Crippen LogP contribution < -0.4 is 10.1 Å². The van der Waals surface area contributed by atoms with Gasteiger partial charge in [-0.25, -0.2) is 17.1 Å². The van der Waals surface area contributed by atoms with Crippen LogP contribution in [0.15, 0.2) is 53.4 Å². The lowest BCUT2D eigenvalue weighted by molar-refractivity contribution is -0.118. The maximum atomic E-state index is 12.8. The maximum absolute atomic E-state index is 12.8. The summed E-state index contributed by atoms with van der Waals surface area (Å²) >= 11 is 0. The SMILES string of the molecule is CCCCN(C)S(=O)(=O)c1ccc(NC(=O)COc2ccc(F)cc2)cc1. The molecule has 6 nitrogen and oxygen atoms in total. The first-order valence-electron chi connectivity index (χ1n) is 8.57. The molecule has 2 aromatic carbocycles. The van der Waals surface area contributed by atoms with Crippen molar-refractivity contribution in [2.24, 2.45) is 0 Å². The lowest BCUT2D eigenvalue weighted by atomic mass is 10.3.